The number of aliphatic hydroxyl groups is 1. The Morgan fingerprint density at radius 1 is 1.33 bits per heavy atom. The van der Waals surface area contributed by atoms with Crippen LogP contribution in [0.1, 0.15) is 18.4 Å². The molecule has 0 amide bonds. The fourth-order valence-electron chi connectivity index (χ4n) is 1.47. The molecule has 0 heterocycles. The molecule has 1 aromatic carbocycles. The van der Waals surface area contributed by atoms with Crippen molar-refractivity contribution in [2.45, 2.75) is 25.4 Å². The van der Waals surface area contributed by atoms with Crippen LogP contribution >= 0.6 is 11.6 Å². The van der Waals surface area contributed by atoms with Gasteiger partial charge in [0.25, 0.3) is 0 Å². The molecule has 0 spiro atoms. The summed E-state index contributed by atoms with van der Waals surface area (Å²) in [5, 5.41) is 9.69. The van der Waals surface area contributed by atoms with Gasteiger partial charge in [-0.15, -0.1) is 11.6 Å². The predicted molar refractivity (Wildman–Crippen MR) is 65.2 cm³/mol. The summed E-state index contributed by atoms with van der Waals surface area (Å²) in [4.78, 5) is 0. The summed E-state index contributed by atoms with van der Waals surface area (Å²) in [5.74, 6) is 0.433. The molecule has 0 saturated heterocycles. The van der Waals surface area contributed by atoms with Gasteiger partial charge in [0.15, 0.2) is 0 Å². The van der Waals surface area contributed by atoms with Gasteiger partial charge < -0.3 is 5.11 Å². The van der Waals surface area contributed by atoms with Crippen molar-refractivity contribution in [2.24, 2.45) is 0 Å². The van der Waals surface area contributed by atoms with Crippen LogP contribution in [0.5, 0.6) is 0 Å². The highest BCUT2D eigenvalue weighted by molar-refractivity contribution is 6.19. The summed E-state index contributed by atoms with van der Waals surface area (Å²) in [6, 6.07) is 10.2. The van der Waals surface area contributed by atoms with Gasteiger partial charge in [-0.25, -0.2) is 0 Å². The van der Waals surface area contributed by atoms with E-state index >= 15 is 0 Å². The summed E-state index contributed by atoms with van der Waals surface area (Å²) in [5.41, 5.74) is 2.16. The number of aryl methyl sites for hydroxylation is 1. The van der Waals surface area contributed by atoms with Crippen molar-refractivity contribution in [1.29, 1.82) is 0 Å². The van der Waals surface area contributed by atoms with Crippen LogP contribution in [0.2, 0.25) is 0 Å². The number of rotatable bonds is 6. The number of halogens is 1. The minimum atomic E-state index is -0.323. The van der Waals surface area contributed by atoms with Crippen LogP contribution < -0.4 is 0 Å². The smallest absolute Gasteiger partial charge is 0.0580 e. The molecule has 1 aromatic rings. The molecule has 1 atom stereocenters. The number of aliphatic hydroxyl groups excluding tert-OH is 1. The zero-order valence-corrected chi connectivity index (χ0v) is 9.58. The van der Waals surface area contributed by atoms with E-state index in [1.807, 2.05) is 18.2 Å². The third kappa shape index (κ3) is 5.01. The highest BCUT2D eigenvalue weighted by atomic mass is 35.5. The van der Waals surface area contributed by atoms with Gasteiger partial charge in [-0.3, -0.25) is 0 Å². The molecule has 0 fully saturated rings. The zero-order chi connectivity index (χ0) is 11.1. The molecule has 15 heavy (non-hydrogen) atoms. The van der Waals surface area contributed by atoms with Crippen LogP contribution in [0.25, 0.3) is 0 Å². The lowest BCUT2D eigenvalue weighted by atomic mass is 10.0. The summed E-state index contributed by atoms with van der Waals surface area (Å²) < 4.78 is 0. The van der Waals surface area contributed by atoms with E-state index in [9.17, 15) is 5.11 Å². The molecule has 1 nitrogen and oxygen atoms in total. The number of hydrogen-bond acceptors (Lipinski definition) is 1. The lowest BCUT2D eigenvalue weighted by Crippen LogP contribution is -2.09. The van der Waals surface area contributed by atoms with Gasteiger partial charge in [0.05, 0.1) is 6.10 Å². The van der Waals surface area contributed by atoms with E-state index in [4.69, 9.17) is 11.6 Å². The normalized spacial score (nSPS) is 12.4. The molecule has 0 aliphatic heterocycles. The SMILES string of the molecule is C=C(CCl)CC(O)CCc1ccccc1. The second-order valence-corrected chi connectivity index (χ2v) is 4.03. The van der Waals surface area contributed by atoms with Crippen molar-refractivity contribution < 1.29 is 5.11 Å². The first-order chi connectivity index (χ1) is 7.22. The van der Waals surface area contributed by atoms with Crippen molar-refractivity contribution in [1.82, 2.24) is 0 Å². The molecule has 0 aromatic heterocycles. The molecule has 0 saturated carbocycles. The van der Waals surface area contributed by atoms with Crippen LogP contribution in [0.4, 0.5) is 0 Å². The van der Waals surface area contributed by atoms with Gasteiger partial charge in [-0.1, -0.05) is 42.5 Å². The molecule has 1 unspecified atom stereocenters. The quantitative estimate of drug-likeness (QED) is 0.581. The average molecular weight is 225 g/mol. The predicted octanol–water partition coefficient (Wildman–Crippen LogP) is 3.17. The van der Waals surface area contributed by atoms with E-state index in [0.29, 0.717) is 12.3 Å². The molecule has 1 rings (SSSR count). The Kier molecular flexibility index (Phi) is 5.44. The van der Waals surface area contributed by atoms with Gasteiger partial charge in [0, 0.05) is 5.88 Å². The largest absolute Gasteiger partial charge is 0.393 e. The van der Waals surface area contributed by atoms with E-state index in [1.54, 1.807) is 0 Å². The molecule has 0 aliphatic carbocycles. The average Bonchev–Trinajstić information content (AvgIpc) is 2.27. The summed E-state index contributed by atoms with van der Waals surface area (Å²) in [6.45, 7) is 3.78. The molecule has 2 heteroatoms. The van der Waals surface area contributed by atoms with Gasteiger partial charge in [-0.2, -0.15) is 0 Å². The maximum Gasteiger partial charge on any atom is 0.0580 e. The van der Waals surface area contributed by atoms with Crippen LogP contribution in [0.3, 0.4) is 0 Å². The van der Waals surface area contributed by atoms with E-state index in [1.165, 1.54) is 5.56 Å². The van der Waals surface area contributed by atoms with Crippen LogP contribution in [0, 0.1) is 0 Å². The minimum absolute atomic E-state index is 0.323. The van der Waals surface area contributed by atoms with Crippen LogP contribution in [0.15, 0.2) is 42.5 Å². The third-order valence-electron chi connectivity index (χ3n) is 2.32. The molecule has 0 radical (unpaired) electrons. The molecule has 1 N–H and O–H groups in total. The zero-order valence-electron chi connectivity index (χ0n) is 8.82. The van der Waals surface area contributed by atoms with Crippen molar-refractivity contribution in [2.75, 3.05) is 5.88 Å². The maximum atomic E-state index is 9.69. The topological polar surface area (TPSA) is 20.2 Å². The van der Waals surface area contributed by atoms with Crippen molar-refractivity contribution in [3.8, 4) is 0 Å². The first kappa shape index (κ1) is 12.3. The van der Waals surface area contributed by atoms with Gasteiger partial charge in [0.2, 0.25) is 0 Å². The summed E-state index contributed by atoms with van der Waals surface area (Å²) in [7, 11) is 0. The molecule has 0 aliphatic rings. The Morgan fingerprint density at radius 2 is 2.00 bits per heavy atom. The Balaban J connectivity index is 2.28. The van der Waals surface area contributed by atoms with Gasteiger partial charge >= 0.3 is 0 Å². The van der Waals surface area contributed by atoms with Gasteiger partial charge in [0.1, 0.15) is 0 Å². The lowest BCUT2D eigenvalue weighted by molar-refractivity contribution is 0.165. The number of alkyl halides is 1. The minimum Gasteiger partial charge on any atom is -0.393 e. The number of hydrogen-bond donors (Lipinski definition) is 1. The third-order valence-corrected chi connectivity index (χ3v) is 2.70. The standard InChI is InChI=1S/C13H17ClO/c1-11(10-14)9-13(15)8-7-12-5-3-2-4-6-12/h2-6,13,15H,1,7-10H2. The van der Waals surface area contributed by atoms with Crippen molar-refractivity contribution in [3.05, 3.63) is 48.0 Å². The van der Waals surface area contributed by atoms with E-state index < -0.39 is 0 Å². The molecular weight excluding hydrogens is 208 g/mol. The van der Waals surface area contributed by atoms with Crippen molar-refractivity contribution in [3.63, 3.8) is 0 Å². The Morgan fingerprint density at radius 3 is 2.60 bits per heavy atom. The highest BCUT2D eigenvalue weighted by Gasteiger charge is 2.05. The van der Waals surface area contributed by atoms with E-state index in [-0.39, 0.29) is 6.10 Å². The van der Waals surface area contributed by atoms with Gasteiger partial charge in [-0.05, 0) is 24.8 Å². The maximum absolute atomic E-state index is 9.69. The Labute approximate surface area is 96.4 Å². The monoisotopic (exact) mass is 224 g/mol. The van der Waals surface area contributed by atoms with Crippen LogP contribution in [-0.4, -0.2) is 17.1 Å². The van der Waals surface area contributed by atoms with E-state index in [2.05, 4.69) is 18.7 Å². The first-order valence-corrected chi connectivity index (χ1v) is 5.70. The first-order valence-electron chi connectivity index (χ1n) is 5.17. The highest BCUT2D eigenvalue weighted by Crippen LogP contribution is 2.11. The van der Waals surface area contributed by atoms with E-state index in [0.717, 1.165) is 18.4 Å². The summed E-state index contributed by atoms with van der Waals surface area (Å²) in [6.07, 6.45) is 1.95. The fourth-order valence-corrected chi connectivity index (χ4v) is 1.58. The fraction of sp³-hybridized carbons (Fsp3) is 0.385. The molecule has 0 bridgehead atoms. The second-order valence-electron chi connectivity index (χ2n) is 3.77. The van der Waals surface area contributed by atoms with Crippen molar-refractivity contribution >= 4 is 11.6 Å². The molecule has 82 valence electrons. The lowest BCUT2D eigenvalue weighted by Gasteiger charge is -2.10. The molecular formula is C13H17ClO. The number of benzene rings is 1. The Bertz CT molecular complexity index is 295. The second kappa shape index (κ2) is 6.65. The van der Waals surface area contributed by atoms with Crippen LogP contribution in [-0.2, 0) is 6.42 Å². The Hall–Kier alpha value is -0.790. The summed E-state index contributed by atoms with van der Waals surface area (Å²) >= 11 is 5.60.